The summed E-state index contributed by atoms with van der Waals surface area (Å²) in [6, 6.07) is 4.90. The molecular formula is C8H8ClN3O2S2. The normalized spacial score (nSPS) is 11.8. The van der Waals surface area contributed by atoms with Gasteiger partial charge in [0.2, 0.25) is 0 Å². The summed E-state index contributed by atoms with van der Waals surface area (Å²) in [4.78, 5) is 0.855. The van der Waals surface area contributed by atoms with Crippen LogP contribution < -0.4 is 4.72 Å². The number of hydrogen-bond acceptors (Lipinski definition) is 4. The van der Waals surface area contributed by atoms with Crippen LogP contribution in [-0.2, 0) is 16.6 Å². The summed E-state index contributed by atoms with van der Waals surface area (Å²) in [5.74, 6) is 0. The molecule has 0 aliphatic carbocycles. The van der Waals surface area contributed by atoms with Crippen LogP contribution in [-0.4, -0.2) is 18.6 Å². The van der Waals surface area contributed by atoms with Crippen LogP contribution in [0.4, 0.5) is 0 Å². The maximum absolute atomic E-state index is 11.7. The molecule has 0 spiro atoms. The number of H-pyrrole nitrogens is 1. The van der Waals surface area contributed by atoms with E-state index in [1.807, 2.05) is 0 Å². The number of sulfonamides is 1. The molecule has 0 aromatic carbocycles. The molecule has 0 saturated heterocycles. The molecule has 2 heterocycles. The number of rotatable bonds is 4. The molecule has 0 saturated carbocycles. The lowest BCUT2D eigenvalue weighted by atomic mass is 10.5. The van der Waals surface area contributed by atoms with Crippen LogP contribution in [0, 0.1) is 0 Å². The summed E-state index contributed by atoms with van der Waals surface area (Å²) in [7, 11) is -3.51. The number of halogens is 1. The van der Waals surface area contributed by atoms with Crippen molar-refractivity contribution >= 4 is 33.0 Å². The van der Waals surface area contributed by atoms with E-state index in [9.17, 15) is 8.42 Å². The average molecular weight is 278 g/mol. The van der Waals surface area contributed by atoms with Crippen LogP contribution in [0.5, 0.6) is 0 Å². The second-order valence-electron chi connectivity index (χ2n) is 2.95. The smallest absolute Gasteiger partial charge is 0.257 e. The molecule has 5 nitrogen and oxygen atoms in total. The zero-order valence-corrected chi connectivity index (χ0v) is 10.4. The van der Waals surface area contributed by atoms with E-state index in [4.69, 9.17) is 11.6 Å². The van der Waals surface area contributed by atoms with Crippen molar-refractivity contribution in [1.29, 1.82) is 0 Å². The Morgan fingerprint density at radius 1 is 1.44 bits per heavy atom. The van der Waals surface area contributed by atoms with Crippen molar-refractivity contribution in [1.82, 2.24) is 14.9 Å². The van der Waals surface area contributed by atoms with Gasteiger partial charge in [0, 0.05) is 11.4 Å². The van der Waals surface area contributed by atoms with Crippen LogP contribution in [0.2, 0.25) is 4.34 Å². The van der Waals surface area contributed by atoms with Crippen LogP contribution in [0.15, 0.2) is 29.4 Å². The molecular weight excluding hydrogens is 270 g/mol. The van der Waals surface area contributed by atoms with E-state index in [1.54, 1.807) is 12.1 Å². The first-order valence-corrected chi connectivity index (χ1v) is 6.99. The number of thiophene rings is 1. The van der Waals surface area contributed by atoms with Crippen molar-refractivity contribution in [2.24, 2.45) is 0 Å². The van der Waals surface area contributed by atoms with Gasteiger partial charge >= 0.3 is 0 Å². The lowest BCUT2D eigenvalue weighted by Crippen LogP contribution is -2.23. The topological polar surface area (TPSA) is 74.8 Å². The molecule has 2 rings (SSSR count). The van der Waals surface area contributed by atoms with Gasteiger partial charge in [-0.1, -0.05) is 11.6 Å². The summed E-state index contributed by atoms with van der Waals surface area (Å²) in [5.41, 5.74) is 0. The zero-order valence-electron chi connectivity index (χ0n) is 7.97. The maximum atomic E-state index is 11.7. The van der Waals surface area contributed by atoms with Gasteiger partial charge in [0.25, 0.3) is 10.0 Å². The molecule has 0 amide bonds. The van der Waals surface area contributed by atoms with Gasteiger partial charge in [-0.15, -0.1) is 11.3 Å². The molecule has 0 unspecified atom stereocenters. The lowest BCUT2D eigenvalue weighted by molar-refractivity contribution is 0.577. The first-order chi connectivity index (χ1) is 7.58. The van der Waals surface area contributed by atoms with Gasteiger partial charge < -0.3 is 0 Å². The molecule has 0 aliphatic heterocycles. The van der Waals surface area contributed by atoms with Crippen LogP contribution >= 0.6 is 22.9 Å². The Hall–Kier alpha value is -0.890. The van der Waals surface area contributed by atoms with E-state index in [-0.39, 0.29) is 11.6 Å². The van der Waals surface area contributed by atoms with Gasteiger partial charge in [0.15, 0.2) is 5.03 Å². The fourth-order valence-corrected chi connectivity index (χ4v) is 3.12. The largest absolute Gasteiger partial charge is 0.266 e. The minimum atomic E-state index is -3.51. The van der Waals surface area contributed by atoms with E-state index in [1.165, 1.54) is 23.6 Å². The average Bonchev–Trinajstić information content (AvgIpc) is 2.85. The Kier molecular flexibility index (Phi) is 3.29. The van der Waals surface area contributed by atoms with Crippen LogP contribution in [0.3, 0.4) is 0 Å². The predicted molar refractivity (Wildman–Crippen MR) is 61.9 cm³/mol. The molecule has 0 aliphatic rings. The van der Waals surface area contributed by atoms with Gasteiger partial charge in [0.05, 0.1) is 10.5 Å². The molecule has 0 fully saturated rings. The fourth-order valence-electron chi connectivity index (χ4n) is 1.08. The summed E-state index contributed by atoms with van der Waals surface area (Å²) >= 11 is 7.07. The molecule has 2 aromatic heterocycles. The molecule has 8 heteroatoms. The molecule has 86 valence electrons. The first kappa shape index (κ1) is 11.6. The van der Waals surface area contributed by atoms with Crippen molar-refractivity contribution in [3.63, 3.8) is 0 Å². The van der Waals surface area contributed by atoms with E-state index in [0.29, 0.717) is 4.34 Å². The highest BCUT2D eigenvalue weighted by Crippen LogP contribution is 2.21. The van der Waals surface area contributed by atoms with Crippen LogP contribution in [0.25, 0.3) is 0 Å². The Morgan fingerprint density at radius 2 is 2.25 bits per heavy atom. The van der Waals surface area contributed by atoms with Crippen molar-refractivity contribution in [2.75, 3.05) is 0 Å². The molecule has 0 bridgehead atoms. The summed E-state index contributed by atoms with van der Waals surface area (Å²) in [6.07, 6.45) is 1.39. The third-order valence-corrected chi connectivity index (χ3v) is 4.39. The SMILES string of the molecule is O=S(=O)(NCc1ccc(Cl)s1)c1ccn[nH]1. The highest BCUT2D eigenvalue weighted by atomic mass is 35.5. The summed E-state index contributed by atoms with van der Waals surface area (Å²) in [5, 5.41) is 6.03. The van der Waals surface area contributed by atoms with Gasteiger partial charge in [-0.05, 0) is 18.2 Å². The van der Waals surface area contributed by atoms with Crippen molar-refractivity contribution in [3.05, 3.63) is 33.6 Å². The zero-order chi connectivity index (χ0) is 11.6. The summed E-state index contributed by atoms with van der Waals surface area (Å²) < 4.78 is 26.4. The maximum Gasteiger partial charge on any atom is 0.257 e. The first-order valence-electron chi connectivity index (χ1n) is 4.31. The second kappa shape index (κ2) is 4.54. The minimum absolute atomic E-state index is 0.0511. The lowest BCUT2D eigenvalue weighted by Gasteiger charge is -2.02. The standard InChI is InChI=1S/C8H8ClN3O2S2/c9-7-2-1-6(15-7)5-11-16(13,14)8-3-4-10-12-8/h1-4,11H,5H2,(H,10,12). The van der Waals surface area contributed by atoms with Gasteiger partial charge in [-0.25, -0.2) is 13.1 Å². The molecule has 16 heavy (non-hydrogen) atoms. The van der Waals surface area contributed by atoms with E-state index >= 15 is 0 Å². The number of aromatic amines is 1. The van der Waals surface area contributed by atoms with E-state index in [2.05, 4.69) is 14.9 Å². The van der Waals surface area contributed by atoms with Gasteiger partial charge in [0.1, 0.15) is 0 Å². The molecule has 2 aromatic rings. The number of nitrogens with zero attached hydrogens (tertiary/aromatic N) is 1. The Morgan fingerprint density at radius 3 is 2.81 bits per heavy atom. The van der Waals surface area contributed by atoms with Crippen LogP contribution in [0.1, 0.15) is 4.88 Å². The number of hydrogen-bond donors (Lipinski definition) is 2. The third-order valence-electron chi connectivity index (χ3n) is 1.83. The second-order valence-corrected chi connectivity index (χ2v) is 6.49. The van der Waals surface area contributed by atoms with E-state index < -0.39 is 10.0 Å². The molecule has 2 N–H and O–H groups in total. The Labute approximate surface area is 102 Å². The Balaban J connectivity index is 2.06. The van der Waals surface area contributed by atoms with Crippen molar-refractivity contribution < 1.29 is 8.42 Å². The molecule has 0 radical (unpaired) electrons. The third kappa shape index (κ3) is 2.62. The van der Waals surface area contributed by atoms with Gasteiger partial charge in [-0.3, -0.25) is 5.10 Å². The highest BCUT2D eigenvalue weighted by Gasteiger charge is 2.14. The monoisotopic (exact) mass is 277 g/mol. The highest BCUT2D eigenvalue weighted by molar-refractivity contribution is 7.89. The van der Waals surface area contributed by atoms with Gasteiger partial charge in [-0.2, -0.15) is 5.10 Å². The fraction of sp³-hybridized carbons (Fsp3) is 0.125. The van der Waals surface area contributed by atoms with Crippen molar-refractivity contribution in [3.8, 4) is 0 Å². The quantitative estimate of drug-likeness (QED) is 0.891. The minimum Gasteiger partial charge on any atom is -0.266 e. The predicted octanol–water partition coefficient (Wildman–Crippen LogP) is 1.60. The van der Waals surface area contributed by atoms with Crippen molar-refractivity contribution in [2.45, 2.75) is 11.6 Å². The summed E-state index contributed by atoms with van der Waals surface area (Å²) in [6.45, 7) is 0.221. The molecule has 0 atom stereocenters. The number of aromatic nitrogens is 2. The number of nitrogens with one attached hydrogen (secondary N) is 2. The Bertz CT molecular complexity index is 562. The van der Waals surface area contributed by atoms with E-state index in [0.717, 1.165) is 4.88 Å².